The number of carbonyl (C=O) groups excluding carboxylic acids is 1. The van der Waals surface area contributed by atoms with Crippen LogP contribution in [0.2, 0.25) is 0 Å². The number of nitrogens with one attached hydrogen (secondary N) is 2. The van der Waals surface area contributed by atoms with Crippen molar-refractivity contribution in [1.82, 2.24) is 10.0 Å². The zero-order valence-electron chi connectivity index (χ0n) is 15.7. The molecule has 156 valence electrons. The van der Waals surface area contributed by atoms with Crippen molar-refractivity contribution in [3.8, 4) is 0 Å². The Morgan fingerprint density at radius 1 is 1.24 bits per heavy atom. The molecule has 1 atom stereocenters. The van der Waals surface area contributed by atoms with Gasteiger partial charge in [-0.25, -0.2) is 17.5 Å². The molecule has 1 heterocycles. The summed E-state index contributed by atoms with van der Waals surface area (Å²) in [6.45, 7) is 1.06. The largest absolute Gasteiger partial charge is 0.377 e. The quantitative estimate of drug-likeness (QED) is 0.602. The normalized spacial score (nSPS) is 16.7. The number of amides is 1. The number of halogens is 2. The lowest BCUT2D eigenvalue weighted by atomic mass is 10.1. The Bertz CT molecular complexity index is 978. The van der Waals surface area contributed by atoms with Gasteiger partial charge in [0.25, 0.3) is 5.91 Å². The van der Waals surface area contributed by atoms with E-state index in [0.717, 1.165) is 12.8 Å². The zero-order chi connectivity index (χ0) is 20.9. The van der Waals surface area contributed by atoms with E-state index in [4.69, 9.17) is 4.74 Å². The summed E-state index contributed by atoms with van der Waals surface area (Å²) in [6.07, 6.45) is 1.94. The van der Waals surface area contributed by atoms with Gasteiger partial charge in [-0.05, 0) is 65.0 Å². The average Bonchev–Trinajstić information content (AvgIpc) is 3.22. The summed E-state index contributed by atoms with van der Waals surface area (Å²) < 4.78 is 47.2. The van der Waals surface area contributed by atoms with Gasteiger partial charge in [-0.1, -0.05) is 18.2 Å². The minimum Gasteiger partial charge on any atom is -0.377 e. The highest BCUT2D eigenvalue weighted by molar-refractivity contribution is 9.10. The van der Waals surface area contributed by atoms with E-state index < -0.39 is 15.9 Å². The van der Waals surface area contributed by atoms with E-state index >= 15 is 0 Å². The van der Waals surface area contributed by atoms with Crippen LogP contribution in [0, 0.1) is 5.82 Å². The highest BCUT2D eigenvalue weighted by atomic mass is 79.9. The van der Waals surface area contributed by atoms with Crippen LogP contribution < -0.4 is 10.0 Å². The van der Waals surface area contributed by atoms with E-state index in [1.807, 2.05) is 0 Å². The minimum atomic E-state index is -3.77. The molecule has 2 aromatic rings. The highest BCUT2D eigenvalue weighted by Gasteiger charge is 2.22. The summed E-state index contributed by atoms with van der Waals surface area (Å²) in [7, 11) is -3.77. The fourth-order valence-electron chi connectivity index (χ4n) is 3.04. The van der Waals surface area contributed by atoms with E-state index in [0.29, 0.717) is 23.1 Å². The van der Waals surface area contributed by atoms with Crippen molar-refractivity contribution in [3.63, 3.8) is 0 Å². The van der Waals surface area contributed by atoms with Gasteiger partial charge in [0, 0.05) is 24.2 Å². The van der Waals surface area contributed by atoms with Crippen molar-refractivity contribution in [1.29, 1.82) is 0 Å². The lowest BCUT2D eigenvalue weighted by Gasteiger charge is -2.13. The lowest BCUT2D eigenvalue weighted by molar-refractivity contribution is 0.0953. The van der Waals surface area contributed by atoms with Gasteiger partial charge in [-0.15, -0.1) is 0 Å². The molecular formula is C20H22BrFN2O4S. The molecule has 0 bridgehead atoms. The predicted octanol–water partition coefficient (Wildman–Crippen LogP) is 3.02. The first-order chi connectivity index (χ1) is 13.9. The number of carbonyl (C=O) groups is 1. The van der Waals surface area contributed by atoms with E-state index in [9.17, 15) is 17.6 Å². The standard InChI is InChI=1S/C20H22BrFN2O4S/c21-18-8-7-16(29(26,27)24-13-15-5-3-11-28-15)12-17(18)20(25)23-10-9-14-4-1-2-6-19(14)22/h1-2,4,6-8,12,15,24H,3,5,9-11,13H2,(H,23,25)/t15-/m1/s1. The van der Waals surface area contributed by atoms with Gasteiger partial charge in [0.2, 0.25) is 10.0 Å². The predicted molar refractivity (Wildman–Crippen MR) is 111 cm³/mol. The lowest BCUT2D eigenvalue weighted by Crippen LogP contribution is -2.32. The molecule has 29 heavy (non-hydrogen) atoms. The summed E-state index contributed by atoms with van der Waals surface area (Å²) >= 11 is 3.28. The third-order valence-corrected chi connectivity index (χ3v) is 6.77. The highest BCUT2D eigenvalue weighted by Crippen LogP contribution is 2.21. The van der Waals surface area contributed by atoms with Gasteiger partial charge < -0.3 is 10.1 Å². The van der Waals surface area contributed by atoms with Crippen molar-refractivity contribution in [2.75, 3.05) is 19.7 Å². The summed E-state index contributed by atoms with van der Waals surface area (Å²) in [6, 6.07) is 10.6. The van der Waals surface area contributed by atoms with Gasteiger partial charge in [-0.3, -0.25) is 4.79 Å². The summed E-state index contributed by atoms with van der Waals surface area (Å²) in [4.78, 5) is 12.5. The third kappa shape index (κ3) is 5.85. The van der Waals surface area contributed by atoms with Crippen LogP contribution in [0.5, 0.6) is 0 Å². The van der Waals surface area contributed by atoms with Crippen molar-refractivity contribution < 1.29 is 22.3 Å². The smallest absolute Gasteiger partial charge is 0.252 e. The Morgan fingerprint density at radius 3 is 2.76 bits per heavy atom. The van der Waals surface area contributed by atoms with Gasteiger partial charge in [0.1, 0.15) is 5.82 Å². The van der Waals surface area contributed by atoms with Gasteiger partial charge in [-0.2, -0.15) is 0 Å². The van der Waals surface area contributed by atoms with Gasteiger partial charge in [0.05, 0.1) is 16.6 Å². The second-order valence-electron chi connectivity index (χ2n) is 6.73. The number of rotatable bonds is 8. The molecule has 0 radical (unpaired) electrons. The van der Waals surface area contributed by atoms with E-state index in [1.54, 1.807) is 18.2 Å². The molecule has 3 rings (SSSR count). The maximum Gasteiger partial charge on any atom is 0.252 e. The molecule has 1 amide bonds. The molecule has 9 heteroatoms. The zero-order valence-corrected chi connectivity index (χ0v) is 18.1. The molecule has 0 aromatic heterocycles. The van der Waals surface area contributed by atoms with E-state index in [-0.39, 0.29) is 35.5 Å². The molecule has 0 unspecified atom stereocenters. The molecule has 0 saturated carbocycles. The molecule has 6 nitrogen and oxygen atoms in total. The fraction of sp³-hybridized carbons (Fsp3) is 0.350. The van der Waals surface area contributed by atoms with Crippen LogP contribution in [0.15, 0.2) is 51.8 Å². The average molecular weight is 485 g/mol. The number of sulfonamides is 1. The van der Waals surface area contributed by atoms with Crippen LogP contribution in [-0.4, -0.2) is 40.1 Å². The van der Waals surface area contributed by atoms with Crippen LogP contribution in [0.4, 0.5) is 4.39 Å². The second kappa shape index (κ2) is 9.80. The third-order valence-electron chi connectivity index (χ3n) is 4.66. The Kier molecular flexibility index (Phi) is 7.39. The molecule has 1 aliphatic rings. The van der Waals surface area contributed by atoms with E-state index in [2.05, 4.69) is 26.0 Å². The molecular weight excluding hydrogens is 463 g/mol. The van der Waals surface area contributed by atoms with Crippen molar-refractivity contribution >= 4 is 31.9 Å². The Morgan fingerprint density at radius 2 is 2.03 bits per heavy atom. The van der Waals surface area contributed by atoms with Crippen LogP contribution >= 0.6 is 15.9 Å². The number of benzene rings is 2. The summed E-state index contributed by atoms with van der Waals surface area (Å²) in [5.41, 5.74) is 0.694. The first-order valence-corrected chi connectivity index (χ1v) is 11.6. The SMILES string of the molecule is O=C(NCCc1ccccc1F)c1cc(S(=O)(=O)NC[C@H]2CCCO2)ccc1Br. The number of hydrogen-bond acceptors (Lipinski definition) is 4. The van der Waals surface area contributed by atoms with Crippen molar-refractivity contribution in [2.24, 2.45) is 0 Å². The van der Waals surface area contributed by atoms with Crippen molar-refractivity contribution in [3.05, 3.63) is 63.9 Å². The van der Waals surface area contributed by atoms with Crippen LogP contribution in [-0.2, 0) is 21.2 Å². The maximum absolute atomic E-state index is 13.7. The molecule has 1 saturated heterocycles. The van der Waals surface area contributed by atoms with Gasteiger partial charge >= 0.3 is 0 Å². The van der Waals surface area contributed by atoms with Crippen LogP contribution in [0.25, 0.3) is 0 Å². The summed E-state index contributed by atoms with van der Waals surface area (Å²) in [5.74, 6) is -0.766. The van der Waals surface area contributed by atoms with E-state index in [1.165, 1.54) is 24.3 Å². The number of hydrogen-bond donors (Lipinski definition) is 2. The monoisotopic (exact) mass is 484 g/mol. The Balaban J connectivity index is 1.64. The second-order valence-corrected chi connectivity index (χ2v) is 9.35. The molecule has 0 spiro atoms. The first kappa shape index (κ1) is 21.9. The van der Waals surface area contributed by atoms with Crippen LogP contribution in [0.1, 0.15) is 28.8 Å². The molecule has 2 aromatic carbocycles. The number of ether oxygens (including phenoxy) is 1. The first-order valence-electron chi connectivity index (χ1n) is 9.29. The maximum atomic E-state index is 13.7. The Hall–Kier alpha value is -1.81. The molecule has 1 fully saturated rings. The molecule has 1 aliphatic heterocycles. The minimum absolute atomic E-state index is 0.00190. The Labute approximate surface area is 178 Å². The summed E-state index contributed by atoms with van der Waals surface area (Å²) in [5, 5.41) is 2.70. The van der Waals surface area contributed by atoms with Gasteiger partial charge in [0.15, 0.2) is 0 Å². The molecule has 0 aliphatic carbocycles. The molecule has 2 N–H and O–H groups in total. The van der Waals surface area contributed by atoms with Crippen molar-refractivity contribution in [2.45, 2.75) is 30.3 Å². The fourth-order valence-corrected chi connectivity index (χ4v) is 4.56. The topological polar surface area (TPSA) is 84.5 Å². The van der Waals surface area contributed by atoms with Crippen LogP contribution in [0.3, 0.4) is 0 Å².